The van der Waals surface area contributed by atoms with E-state index in [4.69, 9.17) is 0 Å². The summed E-state index contributed by atoms with van der Waals surface area (Å²) in [5.41, 5.74) is 2.60. The van der Waals surface area contributed by atoms with Crippen LogP contribution in [-0.2, 0) is 6.42 Å². The lowest BCUT2D eigenvalue weighted by Gasteiger charge is -2.10. The third kappa shape index (κ3) is 6.41. The van der Waals surface area contributed by atoms with Crippen molar-refractivity contribution in [3.8, 4) is 0 Å². The maximum atomic E-state index is 4.65. The first-order valence-corrected chi connectivity index (χ1v) is 8.42. The van der Waals surface area contributed by atoms with Gasteiger partial charge in [0.2, 0.25) is 0 Å². The summed E-state index contributed by atoms with van der Waals surface area (Å²) in [6.07, 6.45) is 6.62. The van der Waals surface area contributed by atoms with Crippen molar-refractivity contribution >= 4 is 40.8 Å². The van der Waals surface area contributed by atoms with Crippen LogP contribution in [0.4, 0.5) is 0 Å². The van der Waals surface area contributed by atoms with Gasteiger partial charge in [0.1, 0.15) is 0 Å². The van der Waals surface area contributed by atoms with Gasteiger partial charge in [-0.2, -0.15) is 0 Å². The number of aryl methyl sites for hydroxylation is 1. The van der Waals surface area contributed by atoms with E-state index in [9.17, 15) is 0 Å². The van der Waals surface area contributed by atoms with Gasteiger partial charge in [-0.3, -0.25) is 4.99 Å². The maximum Gasteiger partial charge on any atom is 0.191 e. The van der Waals surface area contributed by atoms with E-state index >= 15 is 0 Å². The van der Waals surface area contributed by atoms with Crippen molar-refractivity contribution in [1.82, 2.24) is 15.6 Å². The van der Waals surface area contributed by atoms with Crippen LogP contribution in [0, 0.1) is 0 Å². The van der Waals surface area contributed by atoms with Crippen LogP contribution in [0.2, 0.25) is 0 Å². The molecule has 0 unspecified atom stereocenters. The molecule has 0 saturated heterocycles. The van der Waals surface area contributed by atoms with E-state index in [1.165, 1.54) is 29.3 Å². The molecule has 0 atom stereocenters. The van der Waals surface area contributed by atoms with Crippen molar-refractivity contribution in [3.63, 3.8) is 0 Å². The number of nitrogens with zero attached hydrogens (tertiary/aromatic N) is 1. The number of nitrogens with one attached hydrogen (secondary N) is 3. The average molecular weight is 428 g/mol. The van der Waals surface area contributed by atoms with Crippen LogP contribution < -0.4 is 10.6 Å². The SMILES string of the molecule is CCCCNC(=NCCCc1c[nH]c2ccccc12)NCC.I. The Kier molecular flexibility index (Phi) is 9.75. The number of aromatic amines is 1. The molecule has 23 heavy (non-hydrogen) atoms. The molecule has 0 spiro atoms. The zero-order chi connectivity index (χ0) is 15.6. The minimum atomic E-state index is 0. The molecule has 0 saturated carbocycles. The summed E-state index contributed by atoms with van der Waals surface area (Å²) in [5.74, 6) is 0.940. The van der Waals surface area contributed by atoms with Crippen molar-refractivity contribution in [3.05, 3.63) is 36.0 Å². The van der Waals surface area contributed by atoms with E-state index in [0.717, 1.165) is 38.4 Å². The predicted octanol–water partition coefficient (Wildman–Crippen LogP) is 4.07. The van der Waals surface area contributed by atoms with Gasteiger partial charge >= 0.3 is 0 Å². The summed E-state index contributed by atoms with van der Waals surface area (Å²) >= 11 is 0. The molecular weight excluding hydrogens is 399 g/mol. The normalized spacial score (nSPS) is 11.3. The second kappa shape index (κ2) is 11.3. The van der Waals surface area contributed by atoms with E-state index in [2.05, 4.69) is 64.9 Å². The smallest absolute Gasteiger partial charge is 0.191 e. The number of unbranched alkanes of at least 4 members (excludes halogenated alkanes) is 1. The monoisotopic (exact) mass is 428 g/mol. The summed E-state index contributed by atoms with van der Waals surface area (Å²) in [6.45, 7) is 7.04. The third-order valence-electron chi connectivity index (χ3n) is 3.72. The summed E-state index contributed by atoms with van der Waals surface area (Å²) in [4.78, 5) is 7.98. The molecule has 4 nitrogen and oxygen atoms in total. The lowest BCUT2D eigenvalue weighted by atomic mass is 10.1. The van der Waals surface area contributed by atoms with E-state index in [1.807, 2.05) is 0 Å². The first kappa shape index (κ1) is 19.8. The van der Waals surface area contributed by atoms with Crippen LogP contribution in [0.1, 0.15) is 38.7 Å². The molecule has 0 radical (unpaired) electrons. The third-order valence-corrected chi connectivity index (χ3v) is 3.72. The molecule has 128 valence electrons. The molecule has 0 amide bonds. The fraction of sp³-hybridized carbons (Fsp3) is 0.500. The molecule has 3 N–H and O–H groups in total. The molecule has 0 aliphatic carbocycles. The molecule has 1 aromatic carbocycles. The van der Waals surface area contributed by atoms with E-state index < -0.39 is 0 Å². The second-order valence-electron chi connectivity index (χ2n) is 5.50. The lowest BCUT2D eigenvalue weighted by molar-refractivity contribution is 0.725. The number of H-pyrrole nitrogens is 1. The van der Waals surface area contributed by atoms with E-state index in [1.54, 1.807) is 0 Å². The number of para-hydroxylation sites is 1. The quantitative estimate of drug-likeness (QED) is 0.257. The van der Waals surface area contributed by atoms with E-state index in [0.29, 0.717) is 0 Å². The van der Waals surface area contributed by atoms with Crippen molar-refractivity contribution in [2.24, 2.45) is 4.99 Å². The molecule has 2 rings (SSSR count). The van der Waals surface area contributed by atoms with Gasteiger partial charge in [-0.05, 0) is 37.8 Å². The molecule has 2 aromatic rings. The standard InChI is InChI=1S/C18H28N4.HI/c1-3-5-12-20-18(19-4-2)21-13-8-9-15-14-22-17-11-7-6-10-16(15)17;/h6-7,10-11,14,22H,3-5,8-9,12-13H2,1-2H3,(H2,19,20,21);1H. The molecule has 0 aliphatic rings. The van der Waals surface area contributed by atoms with Gasteiger partial charge in [0, 0.05) is 36.7 Å². The Morgan fingerprint density at radius 1 is 1.13 bits per heavy atom. The van der Waals surface area contributed by atoms with Crippen molar-refractivity contribution in [1.29, 1.82) is 0 Å². The fourth-order valence-corrected chi connectivity index (χ4v) is 2.52. The van der Waals surface area contributed by atoms with Crippen molar-refractivity contribution in [2.75, 3.05) is 19.6 Å². The molecular formula is C18H29IN4. The predicted molar refractivity (Wildman–Crippen MR) is 111 cm³/mol. The number of hydrogen-bond acceptors (Lipinski definition) is 1. The van der Waals surface area contributed by atoms with Gasteiger partial charge in [0.05, 0.1) is 0 Å². The Morgan fingerprint density at radius 3 is 2.74 bits per heavy atom. The number of aromatic nitrogens is 1. The molecule has 5 heteroatoms. The zero-order valence-corrected chi connectivity index (χ0v) is 16.5. The second-order valence-corrected chi connectivity index (χ2v) is 5.50. The zero-order valence-electron chi connectivity index (χ0n) is 14.2. The number of aliphatic imine (C=N–C) groups is 1. The van der Waals surface area contributed by atoms with Crippen LogP contribution >= 0.6 is 24.0 Å². The van der Waals surface area contributed by atoms with Crippen LogP contribution in [0.3, 0.4) is 0 Å². The first-order chi connectivity index (χ1) is 10.8. The highest BCUT2D eigenvalue weighted by Crippen LogP contribution is 2.18. The molecule has 0 fully saturated rings. The van der Waals surface area contributed by atoms with Gasteiger partial charge < -0.3 is 15.6 Å². The van der Waals surface area contributed by atoms with Gasteiger partial charge in [-0.1, -0.05) is 31.5 Å². The summed E-state index contributed by atoms with van der Waals surface area (Å²) in [7, 11) is 0. The van der Waals surface area contributed by atoms with Crippen molar-refractivity contribution in [2.45, 2.75) is 39.5 Å². The summed E-state index contributed by atoms with van der Waals surface area (Å²) in [6, 6.07) is 8.47. The first-order valence-electron chi connectivity index (χ1n) is 8.42. The minimum absolute atomic E-state index is 0. The Labute approximate surface area is 156 Å². The van der Waals surface area contributed by atoms with Crippen LogP contribution in [0.5, 0.6) is 0 Å². The molecule has 1 heterocycles. The van der Waals surface area contributed by atoms with Crippen LogP contribution in [0.15, 0.2) is 35.5 Å². The van der Waals surface area contributed by atoms with Crippen LogP contribution in [-0.4, -0.2) is 30.6 Å². The van der Waals surface area contributed by atoms with Gasteiger partial charge in [0.25, 0.3) is 0 Å². The Morgan fingerprint density at radius 2 is 1.96 bits per heavy atom. The van der Waals surface area contributed by atoms with E-state index in [-0.39, 0.29) is 24.0 Å². The van der Waals surface area contributed by atoms with Gasteiger partial charge in [0.15, 0.2) is 5.96 Å². The summed E-state index contributed by atoms with van der Waals surface area (Å²) in [5, 5.41) is 8.01. The average Bonchev–Trinajstić information content (AvgIpc) is 2.95. The number of fused-ring (bicyclic) bond motifs is 1. The Balaban J connectivity index is 0.00000264. The largest absolute Gasteiger partial charge is 0.361 e. The lowest BCUT2D eigenvalue weighted by Crippen LogP contribution is -2.37. The van der Waals surface area contributed by atoms with Gasteiger partial charge in [-0.15, -0.1) is 24.0 Å². The molecule has 0 aliphatic heterocycles. The van der Waals surface area contributed by atoms with Crippen molar-refractivity contribution < 1.29 is 0 Å². The highest BCUT2D eigenvalue weighted by molar-refractivity contribution is 14.0. The minimum Gasteiger partial charge on any atom is -0.361 e. The highest BCUT2D eigenvalue weighted by Gasteiger charge is 2.02. The number of rotatable bonds is 8. The molecule has 1 aromatic heterocycles. The highest BCUT2D eigenvalue weighted by atomic mass is 127. The van der Waals surface area contributed by atoms with Crippen LogP contribution in [0.25, 0.3) is 10.9 Å². The number of halogens is 1. The molecule has 0 bridgehead atoms. The Hall–Kier alpha value is -1.24. The topological polar surface area (TPSA) is 52.2 Å². The fourth-order valence-electron chi connectivity index (χ4n) is 2.52. The number of guanidine groups is 1. The number of benzene rings is 1. The van der Waals surface area contributed by atoms with Gasteiger partial charge in [-0.25, -0.2) is 0 Å². The number of hydrogen-bond donors (Lipinski definition) is 3. The maximum absolute atomic E-state index is 4.65. The Bertz CT molecular complexity index is 591. The summed E-state index contributed by atoms with van der Waals surface area (Å²) < 4.78 is 0.